The minimum Gasteiger partial charge on any atom is -0.493 e. The Kier molecular flexibility index (Phi) is 7.80. The quantitative estimate of drug-likeness (QED) is 0.133. The number of hydrogen-bond donors (Lipinski definition) is 1. The van der Waals surface area contributed by atoms with Crippen LogP contribution in [0.2, 0.25) is 0 Å². The largest absolute Gasteiger partial charge is 0.493 e. The van der Waals surface area contributed by atoms with Crippen LogP contribution < -0.4 is 19.5 Å². The molecule has 0 radical (unpaired) electrons. The second-order valence-corrected chi connectivity index (χ2v) is 8.11. The lowest BCUT2D eigenvalue weighted by atomic mass is 10.1. The summed E-state index contributed by atoms with van der Waals surface area (Å²) in [5.74, 6) is -0.343. The summed E-state index contributed by atoms with van der Waals surface area (Å²) in [6, 6.07) is 11.4. The maximum absolute atomic E-state index is 12.9. The fourth-order valence-corrected chi connectivity index (χ4v) is 3.75. The number of carbonyl (C=O) groups excluding carboxylic acids is 3. The average Bonchev–Trinajstić information content (AvgIpc) is 3.51. The molecule has 1 fully saturated rings. The van der Waals surface area contributed by atoms with E-state index >= 15 is 0 Å². The SMILES string of the molecule is COC(=O)c1ccc(CN2C(=O)N/C(=C\c3cc(OC)c(OCc4cccc([N+](=O)[O-])c4)c(OC)c3)C2=O)o1. The molecule has 0 atom stereocenters. The van der Waals surface area contributed by atoms with Gasteiger partial charge in [-0.2, -0.15) is 0 Å². The number of nitrogens with zero attached hydrogens (tertiary/aromatic N) is 2. The fraction of sp³-hybridized carbons (Fsp3) is 0.192. The summed E-state index contributed by atoms with van der Waals surface area (Å²) in [6.45, 7) is -0.196. The van der Waals surface area contributed by atoms with E-state index in [9.17, 15) is 24.5 Å². The molecule has 1 saturated heterocycles. The number of nitrogens with one attached hydrogen (secondary N) is 1. The van der Waals surface area contributed by atoms with Gasteiger partial charge in [0.05, 0.1) is 32.8 Å². The van der Waals surface area contributed by atoms with Crippen LogP contribution in [0.5, 0.6) is 17.2 Å². The zero-order valence-corrected chi connectivity index (χ0v) is 21.1. The Balaban J connectivity index is 1.54. The van der Waals surface area contributed by atoms with Gasteiger partial charge in [-0.25, -0.2) is 9.59 Å². The molecular weight excluding hydrogens is 514 g/mol. The maximum Gasteiger partial charge on any atom is 0.373 e. The highest BCUT2D eigenvalue weighted by atomic mass is 16.6. The molecule has 1 N–H and O–H groups in total. The lowest BCUT2D eigenvalue weighted by Gasteiger charge is -2.15. The number of rotatable bonds is 10. The third kappa shape index (κ3) is 5.82. The predicted octanol–water partition coefficient (Wildman–Crippen LogP) is 3.66. The fourth-order valence-electron chi connectivity index (χ4n) is 3.75. The molecule has 2 aromatic carbocycles. The number of ether oxygens (including phenoxy) is 4. The van der Waals surface area contributed by atoms with Gasteiger partial charge in [0, 0.05) is 12.1 Å². The number of carbonyl (C=O) groups is 3. The van der Waals surface area contributed by atoms with Crippen LogP contribution in [0.15, 0.2) is 58.6 Å². The Labute approximate surface area is 221 Å². The molecule has 4 rings (SSSR count). The number of imide groups is 1. The summed E-state index contributed by atoms with van der Waals surface area (Å²) in [7, 11) is 4.04. The highest BCUT2D eigenvalue weighted by molar-refractivity contribution is 6.13. The van der Waals surface area contributed by atoms with Crippen LogP contribution in [0.3, 0.4) is 0 Å². The first-order chi connectivity index (χ1) is 18.7. The van der Waals surface area contributed by atoms with E-state index in [1.165, 1.54) is 51.7 Å². The molecule has 0 bridgehead atoms. The second-order valence-electron chi connectivity index (χ2n) is 8.11. The van der Waals surface area contributed by atoms with Gasteiger partial charge in [0.25, 0.3) is 11.6 Å². The normalized spacial score (nSPS) is 13.8. The van der Waals surface area contributed by atoms with Crippen LogP contribution in [-0.2, 0) is 22.7 Å². The Morgan fingerprint density at radius 1 is 1.08 bits per heavy atom. The number of methoxy groups -OCH3 is 3. The molecule has 0 saturated carbocycles. The molecule has 1 aliphatic heterocycles. The maximum atomic E-state index is 12.9. The molecule has 13 heteroatoms. The van der Waals surface area contributed by atoms with E-state index in [1.807, 2.05) is 0 Å². The summed E-state index contributed by atoms with van der Waals surface area (Å²) in [4.78, 5) is 48.5. The third-order valence-electron chi connectivity index (χ3n) is 5.62. The molecule has 3 aromatic rings. The van der Waals surface area contributed by atoms with Gasteiger partial charge in [-0.15, -0.1) is 0 Å². The molecule has 0 aliphatic carbocycles. The molecule has 0 unspecified atom stereocenters. The van der Waals surface area contributed by atoms with Crippen LogP contribution in [0, 0.1) is 10.1 Å². The van der Waals surface area contributed by atoms with Crippen LogP contribution in [0.1, 0.15) is 27.4 Å². The van der Waals surface area contributed by atoms with E-state index in [2.05, 4.69) is 10.1 Å². The molecular formula is C26H23N3O10. The van der Waals surface area contributed by atoms with Gasteiger partial charge >= 0.3 is 12.0 Å². The van der Waals surface area contributed by atoms with E-state index in [0.29, 0.717) is 11.1 Å². The number of hydrogen-bond acceptors (Lipinski definition) is 10. The smallest absolute Gasteiger partial charge is 0.373 e. The first-order valence-electron chi connectivity index (χ1n) is 11.4. The Morgan fingerprint density at radius 3 is 2.44 bits per heavy atom. The van der Waals surface area contributed by atoms with Gasteiger partial charge < -0.3 is 28.7 Å². The zero-order valence-electron chi connectivity index (χ0n) is 21.1. The van der Waals surface area contributed by atoms with E-state index in [1.54, 1.807) is 24.3 Å². The van der Waals surface area contributed by atoms with Gasteiger partial charge in [-0.3, -0.25) is 19.8 Å². The monoisotopic (exact) mass is 537 g/mol. The zero-order chi connectivity index (χ0) is 28.1. The van der Waals surface area contributed by atoms with Crippen molar-refractivity contribution >= 4 is 29.7 Å². The minimum absolute atomic E-state index is 0.00279. The molecule has 1 aromatic heterocycles. The molecule has 39 heavy (non-hydrogen) atoms. The summed E-state index contributed by atoms with van der Waals surface area (Å²) >= 11 is 0. The lowest BCUT2D eigenvalue weighted by Crippen LogP contribution is -2.30. The number of amides is 3. The highest BCUT2D eigenvalue weighted by Crippen LogP contribution is 2.40. The summed E-state index contributed by atoms with van der Waals surface area (Å²) < 4.78 is 26.7. The first kappa shape index (κ1) is 26.7. The standard InChI is InChI=1S/C26H23N3O10/c1-35-21-11-16(12-22(36-2)23(21)38-14-15-5-4-6-17(9-15)29(33)34)10-19-24(30)28(26(32)27-19)13-18-7-8-20(39-18)25(31)37-3/h4-12H,13-14H2,1-3H3,(H,27,32)/b19-10-. The van der Waals surface area contributed by atoms with Gasteiger partial charge in [-0.05, 0) is 41.5 Å². The number of nitro groups is 1. The van der Waals surface area contributed by atoms with Gasteiger partial charge in [0.1, 0.15) is 18.1 Å². The van der Waals surface area contributed by atoms with Crippen molar-refractivity contribution in [2.45, 2.75) is 13.2 Å². The van der Waals surface area contributed by atoms with Crippen molar-refractivity contribution in [1.29, 1.82) is 0 Å². The molecule has 13 nitrogen and oxygen atoms in total. The summed E-state index contributed by atoms with van der Waals surface area (Å²) in [5.41, 5.74) is 0.955. The van der Waals surface area contributed by atoms with E-state index < -0.39 is 22.8 Å². The molecule has 2 heterocycles. The predicted molar refractivity (Wildman–Crippen MR) is 134 cm³/mol. The van der Waals surface area contributed by atoms with Crippen LogP contribution in [-0.4, -0.2) is 49.1 Å². The Bertz CT molecular complexity index is 1450. The van der Waals surface area contributed by atoms with Crippen LogP contribution in [0.4, 0.5) is 10.5 Å². The Morgan fingerprint density at radius 2 is 1.79 bits per heavy atom. The van der Waals surface area contributed by atoms with Crippen LogP contribution in [0.25, 0.3) is 6.08 Å². The van der Waals surface area contributed by atoms with Crippen molar-refractivity contribution < 1.29 is 42.7 Å². The second kappa shape index (κ2) is 11.4. The third-order valence-corrected chi connectivity index (χ3v) is 5.62. The van der Waals surface area contributed by atoms with Crippen molar-refractivity contribution in [3.63, 3.8) is 0 Å². The van der Waals surface area contributed by atoms with Crippen molar-refractivity contribution in [2.75, 3.05) is 21.3 Å². The highest BCUT2D eigenvalue weighted by Gasteiger charge is 2.34. The van der Waals surface area contributed by atoms with Crippen molar-refractivity contribution in [2.24, 2.45) is 0 Å². The molecule has 3 amide bonds. The van der Waals surface area contributed by atoms with E-state index in [-0.39, 0.29) is 53.3 Å². The summed E-state index contributed by atoms with van der Waals surface area (Å²) in [5, 5.41) is 13.6. The number of furan rings is 1. The number of benzene rings is 2. The van der Waals surface area contributed by atoms with Crippen molar-refractivity contribution in [3.8, 4) is 17.2 Å². The lowest BCUT2D eigenvalue weighted by molar-refractivity contribution is -0.384. The number of non-ortho nitro benzene ring substituents is 1. The Hall–Kier alpha value is -5.33. The van der Waals surface area contributed by atoms with Gasteiger partial charge in [0.2, 0.25) is 11.5 Å². The first-order valence-corrected chi connectivity index (χ1v) is 11.4. The topological polar surface area (TPSA) is 160 Å². The minimum atomic E-state index is -0.681. The summed E-state index contributed by atoms with van der Waals surface area (Å²) in [6.07, 6.45) is 1.44. The molecule has 202 valence electrons. The molecule has 0 spiro atoms. The number of urea groups is 1. The van der Waals surface area contributed by atoms with Gasteiger partial charge in [0.15, 0.2) is 11.5 Å². The number of nitro benzene ring substituents is 1. The van der Waals surface area contributed by atoms with Crippen molar-refractivity contribution in [3.05, 3.63) is 87.0 Å². The van der Waals surface area contributed by atoms with Crippen LogP contribution >= 0.6 is 0 Å². The van der Waals surface area contributed by atoms with E-state index in [4.69, 9.17) is 18.6 Å². The van der Waals surface area contributed by atoms with Crippen molar-refractivity contribution in [1.82, 2.24) is 10.2 Å². The number of esters is 1. The molecule has 1 aliphatic rings. The van der Waals surface area contributed by atoms with E-state index in [0.717, 1.165) is 4.90 Å². The van der Waals surface area contributed by atoms with Gasteiger partial charge in [-0.1, -0.05) is 12.1 Å². The average molecular weight is 537 g/mol.